The number of carbonyl (C=O) groups is 1. The lowest BCUT2D eigenvalue weighted by Gasteiger charge is -2.13. The summed E-state index contributed by atoms with van der Waals surface area (Å²) in [4.78, 5) is 15.9. The van der Waals surface area contributed by atoms with Gasteiger partial charge in [-0.05, 0) is 29.8 Å². The number of amides is 1. The van der Waals surface area contributed by atoms with Gasteiger partial charge < -0.3 is 20.7 Å². The van der Waals surface area contributed by atoms with Gasteiger partial charge in [0.25, 0.3) is 5.91 Å². The molecule has 0 fully saturated rings. The summed E-state index contributed by atoms with van der Waals surface area (Å²) in [5.41, 5.74) is 1.64. The number of benzene rings is 2. The molecule has 0 aromatic heterocycles. The fourth-order valence-electron chi connectivity index (χ4n) is 2.23. The molecule has 0 radical (unpaired) electrons. The Labute approximate surface area is 171 Å². The van der Waals surface area contributed by atoms with E-state index >= 15 is 0 Å². The second-order valence-corrected chi connectivity index (χ2v) is 5.29. The van der Waals surface area contributed by atoms with Crippen LogP contribution in [0.2, 0.25) is 0 Å². The highest BCUT2D eigenvalue weighted by Gasteiger charge is 2.04. The van der Waals surface area contributed by atoms with E-state index in [0.717, 1.165) is 11.3 Å². The normalized spacial score (nSPS) is 10.5. The maximum absolute atomic E-state index is 11.7. The Hall–Kier alpha value is -2.29. The van der Waals surface area contributed by atoms with Crippen LogP contribution in [0.1, 0.15) is 15.9 Å². The standard InChI is InChI=1S/C19H24N4O2.HI/c1-20-18(24)16-8-6-7-15(13-16)14-23-19(21-2)22-11-12-25-17-9-4-3-5-10-17;/h3-10,13H,11-12,14H2,1-2H3,(H,20,24)(H2,21,22,23);1H. The van der Waals surface area contributed by atoms with Gasteiger partial charge in [0.1, 0.15) is 12.4 Å². The lowest BCUT2D eigenvalue weighted by atomic mass is 10.1. The summed E-state index contributed by atoms with van der Waals surface area (Å²) >= 11 is 0. The van der Waals surface area contributed by atoms with Crippen molar-refractivity contribution >= 4 is 35.8 Å². The van der Waals surface area contributed by atoms with E-state index in [1.807, 2.05) is 48.5 Å². The summed E-state index contributed by atoms with van der Waals surface area (Å²) in [6.45, 7) is 1.74. The first-order chi connectivity index (χ1) is 12.2. The lowest BCUT2D eigenvalue weighted by molar-refractivity contribution is 0.0963. The van der Waals surface area contributed by atoms with Crippen molar-refractivity contribution in [3.8, 4) is 5.75 Å². The van der Waals surface area contributed by atoms with E-state index in [4.69, 9.17) is 4.74 Å². The highest BCUT2D eigenvalue weighted by Crippen LogP contribution is 2.07. The van der Waals surface area contributed by atoms with Gasteiger partial charge in [-0.25, -0.2) is 0 Å². The molecule has 0 saturated carbocycles. The average molecular weight is 468 g/mol. The number of rotatable bonds is 7. The topological polar surface area (TPSA) is 74.8 Å². The predicted octanol–water partition coefficient (Wildman–Crippen LogP) is 2.41. The summed E-state index contributed by atoms with van der Waals surface area (Å²) in [5.74, 6) is 1.43. The zero-order valence-electron chi connectivity index (χ0n) is 15.0. The molecular formula is C19H25IN4O2. The van der Waals surface area contributed by atoms with Crippen LogP contribution in [0.3, 0.4) is 0 Å². The van der Waals surface area contributed by atoms with Gasteiger partial charge in [0.05, 0.1) is 6.54 Å². The molecule has 140 valence electrons. The first-order valence-corrected chi connectivity index (χ1v) is 8.16. The van der Waals surface area contributed by atoms with E-state index in [1.165, 1.54) is 0 Å². The minimum Gasteiger partial charge on any atom is -0.492 e. The van der Waals surface area contributed by atoms with Crippen molar-refractivity contribution in [2.45, 2.75) is 6.54 Å². The summed E-state index contributed by atoms with van der Waals surface area (Å²) in [6.07, 6.45) is 0. The van der Waals surface area contributed by atoms with Crippen LogP contribution in [0.15, 0.2) is 59.6 Å². The Morgan fingerprint density at radius 2 is 1.85 bits per heavy atom. The molecule has 2 rings (SSSR count). The number of aliphatic imine (C=N–C) groups is 1. The fourth-order valence-corrected chi connectivity index (χ4v) is 2.23. The highest BCUT2D eigenvalue weighted by molar-refractivity contribution is 14.0. The van der Waals surface area contributed by atoms with Gasteiger partial charge in [-0.1, -0.05) is 30.3 Å². The van der Waals surface area contributed by atoms with Gasteiger partial charge in [-0.3, -0.25) is 9.79 Å². The maximum atomic E-state index is 11.7. The monoisotopic (exact) mass is 468 g/mol. The fraction of sp³-hybridized carbons (Fsp3) is 0.263. The average Bonchev–Trinajstić information content (AvgIpc) is 2.67. The lowest BCUT2D eigenvalue weighted by Crippen LogP contribution is -2.38. The third-order valence-electron chi connectivity index (χ3n) is 3.51. The molecule has 0 heterocycles. The van der Waals surface area contributed by atoms with Crippen molar-refractivity contribution in [2.75, 3.05) is 27.2 Å². The summed E-state index contributed by atoms with van der Waals surface area (Å²) in [7, 11) is 3.34. The van der Waals surface area contributed by atoms with Crippen LogP contribution >= 0.6 is 24.0 Å². The van der Waals surface area contributed by atoms with Crippen LogP contribution in [0.4, 0.5) is 0 Å². The molecule has 0 aliphatic rings. The van der Waals surface area contributed by atoms with Crippen LogP contribution < -0.4 is 20.7 Å². The van der Waals surface area contributed by atoms with E-state index < -0.39 is 0 Å². The maximum Gasteiger partial charge on any atom is 0.251 e. The Kier molecular flexibility index (Phi) is 10.1. The molecule has 2 aromatic carbocycles. The number of hydrogen-bond acceptors (Lipinski definition) is 3. The number of nitrogens with zero attached hydrogens (tertiary/aromatic N) is 1. The largest absolute Gasteiger partial charge is 0.492 e. The van der Waals surface area contributed by atoms with E-state index in [2.05, 4.69) is 20.9 Å². The highest BCUT2D eigenvalue weighted by atomic mass is 127. The smallest absolute Gasteiger partial charge is 0.251 e. The Morgan fingerprint density at radius 3 is 2.54 bits per heavy atom. The van der Waals surface area contributed by atoms with Crippen molar-refractivity contribution in [1.82, 2.24) is 16.0 Å². The van der Waals surface area contributed by atoms with Gasteiger partial charge in [-0.2, -0.15) is 0 Å². The molecule has 1 amide bonds. The summed E-state index contributed by atoms with van der Waals surface area (Å²) < 4.78 is 5.63. The number of halogens is 1. The molecule has 0 aliphatic carbocycles. The molecule has 0 unspecified atom stereocenters. The van der Waals surface area contributed by atoms with Crippen molar-refractivity contribution in [3.05, 3.63) is 65.7 Å². The Morgan fingerprint density at radius 1 is 1.08 bits per heavy atom. The number of para-hydroxylation sites is 1. The molecule has 0 aliphatic heterocycles. The van der Waals surface area contributed by atoms with E-state index in [0.29, 0.717) is 31.2 Å². The first kappa shape index (κ1) is 21.8. The van der Waals surface area contributed by atoms with Crippen LogP contribution in [-0.4, -0.2) is 39.1 Å². The number of carbonyl (C=O) groups excluding carboxylic acids is 1. The SMILES string of the molecule is CN=C(NCCOc1ccccc1)NCc1cccc(C(=O)NC)c1.I. The zero-order chi connectivity index (χ0) is 17.9. The molecule has 0 bridgehead atoms. The van der Waals surface area contributed by atoms with Crippen molar-refractivity contribution in [3.63, 3.8) is 0 Å². The van der Waals surface area contributed by atoms with Crippen molar-refractivity contribution in [1.29, 1.82) is 0 Å². The quantitative estimate of drug-likeness (QED) is 0.253. The minimum absolute atomic E-state index is 0. The molecule has 7 heteroatoms. The molecule has 2 aromatic rings. The number of hydrogen-bond donors (Lipinski definition) is 3. The second-order valence-electron chi connectivity index (χ2n) is 5.29. The third-order valence-corrected chi connectivity index (χ3v) is 3.51. The molecular weight excluding hydrogens is 443 g/mol. The van der Waals surface area contributed by atoms with Crippen LogP contribution in [0.5, 0.6) is 5.75 Å². The van der Waals surface area contributed by atoms with E-state index in [9.17, 15) is 4.79 Å². The predicted molar refractivity (Wildman–Crippen MR) is 115 cm³/mol. The van der Waals surface area contributed by atoms with Crippen molar-refractivity contribution < 1.29 is 9.53 Å². The third kappa shape index (κ3) is 7.30. The molecule has 0 saturated heterocycles. The molecule has 6 nitrogen and oxygen atoms in total. The van der Waals surface area contributed by atoms with Gasteiger partial charge >= 0.3 is 0 Å². The van der Waals surface area contributed by atoms with Gasteiger partial charge in [0.15, 0.2) is 5.96 Å². The number of guanidine groups is 1. The van der Waals surface area contributed by atoms with Crippen molar-refractivity contribution in [2.24, 2.45) is 4.99 Å². The number of nitrogens with one attached hydrogen (secondary N) is 3. The van der Waals surface area contributed by atoms with Crippen LogP contribution in [-0.2, 0) is 6.54 Å². The summed E-state index contributed by atoms with van der Waals surface area (Å²) in [6, 6.07) is 17.2. The Balaban J connectivity index is 0.00000338. The van der Waals surface area contributed by atoms with Gasteiger partial charge in [0.2, 0.25) is 0 Å². The van der Waals surface area contributed by atoms with Crippen LogP contribution in [0.25, 0.3) is 0 Å². The van der Waals surface area contributed by atoms with Crippen LogP contribution in [0, 0.1) is 0 Å². The molecule has 26 heavy (non-hydrogen) atoms. The second kappa shape index (κ2) is 12.1. The zero-order valence-corrected chi connectivity index (χ0v) is 17.3. The van der Waals surface area contributed by atoms with E-state index in [-0.39, 0.29) is 29.9 Å². The molecule has 0 spiro atoms. The number of ether oxygens (including phenoxy) is 1. The molecule has 0 atom stereocenters. The first-order valence-electron chi connectivity index (χ1n) is 8.16. The summed E-state index contributed by atoms with van der Waals surface area (Å²) in [5, 5.41) is 9.04. The van der Waals surface area contributed by atoms with E-state index in [1.54, 1.807) is 20.2 Å². The minimum atomic E-state index is -0.0950. The van der Waals surface area contributed by atoms with Gasteiger partial charge in [-0.15, -0.1) is 24.0 Å². The van der Waals surface area contributed by atoms with Gasteiger partial charge in [0, 0.05) is 26.2 Å². The Bertz CT molecular complexity index is 708. The molecule has 3 N–H and O–H groups in total.